The molecule has 1 unspecified atom stereocenters. The molecule has 0 aliphatic rings. The van der Waals surface area contributed by atoms with Crippen LogP contribution in [0, 0.1) is 0 Å². The van der Waals surface area contributed by atoms with Crippen molar-refractivity contribution in [2.75, 3.05) is 25.6 Å². The van der Waals surface area contributed by atoms with E-state index in [0.29, 0.717) is 19.3 Å². The zero-order chi connectivity index (χ0) is 13.2. The van der Waals surface area contributed by atoms with Crippen LogP contribution in [-0.4, -0.2) is 26.4 Å². The van der Waals surface area contributed by atoms with Crippen LogP contribution in [0.5, 0.6) is 5.75 Å². The van der Waals surface area contributed by atoms with Crippen molar-refractivity contribution in [2.45, 2.75) is 39.2 Å². The topological polar surface area (TPSA) is 30.5 Å². The van der Waals surface area contributed by atoms with Gasteiger partial charge in [0.1, 0.15) is 12.4 Å². The Hall–Kier alpha value is -1.22. The molecule has 0 heterocycles. The first-order valence-electron chi connectivity index (χ1n) is 6.78. The highest BCUT2D eigenvalue weighted by molar-refractivity contribution is 5.47. The summed E-state index contributed by atoms with van der Waals surface area (Å²) < 4.78 is 10.5. The summed E-state index contributed by atoms with van der Waals surface area (Å²) in [7, 11) is 1.68. The number of benzene rings is 1. The summed E-state index contributed by atoms with van der Waals surface area (Å²) in [6.45, 7) is 5.65. The number of nitrogens with one attached hydrogen (secondary N) is 1. The zero-order valence-corrected chi connectivity index (χ0v) is 11.7. The zero-order valence-electron chi connectivity index (χ0n) is 11.7. The van der Waals surface area contributed by atoms with Crippen molar-refractivity contribution >= 4 is 5.69 Å². The van der Waals surface area contributed by atoms with Crippen molar-refractivity contribution in [3.8, 4) is 5.75 Å². The number of hydrogen-bond acceptors (Lipinski definition) is 3. The Morgan fingerprint density at radius 1 is 1.11 bits per heavy atom. The Kier molecular flexibility index (Phi) is 7.26. The van der Waals surface area contributed by atoms with Gasteiger partial charge < -0.3 is 14.8 Å². The molecule has 0 saturated heterocycles. The molecule has 3 heteroatoms. The molecular formula is C15H25NO2. The van der Waals surface area contributed by atoms with Crippen molar-refractivity contribution in [3.05, 3.63) is 24.3 Å². The average Bonchev–Trinajstić information content (AvgIpc) is 2.40. The highest BCUT2D eigenvalue weighted by Gasteiger charge is 2.04. The molecular weight excluding hydrogens is 226 g/mol. The molecule has 0 radical (unpaired) electrons. The standard InChI is InChI=1S/C15H25NO2/c1-4-6-13(5-2)16-14-7-9-15(10-8-14)18-12-11-17-3/h7-10,13,16H,4-6,11-12H2,1-3H3. The molecule has 0 amide bonds. The number of rotatable bonds is 9. The van der Waals surface area contributed by atoms with E-state index in [-0.39, 0.29) is 0 Å². The molecule has 18 heavy (non-hydrogen) atoms. The van der Waals surface area contributed by atoms with Crippen LogP contribution in [0.1, 0.15) is 33.1 Å². The van der Waals surface area contributed by atoms with Crippen molar-refractivity contribution in [3.63, 3.8) is 0 Å². The molecule has 0 spiro atoms. The minimum absolute atomic E-state index is 0.565. The number of hydrogen-bond donors (Lipinski definition) is 1. The van der Waals surface area contributed by atoms with Crippen molar-refractivity contribution in [1.82, 2.24) is 0 Å². The van der Waals surface area contributed by atoms with Gasteiger partial charge in [0, 0.05) is 18.8 Å². The molecule has 0 aliphatic carbocycles. The monoisotopic (exact) mass is 251 g/mol. The van der Waals surface area contributed by atoms with Gasteiger partial charge in [-0.15, -0.1) is 0 Å². The second-order valence-electron chi connectivity index (χ2n) is 4.40. The second-order valence-corrected chi connectivity index (χ2v) is 4.40. The average molecular weight is 251 g/mol. The van der Waals surface area contributed by atoms with Crippen LogP contribution in [0.15, 0.2) is 24.3 Å². The molecule has 0 saturated carbocycles. The Balaban J connectivity index is 2.43. The molecule has 102 valence electrons. The van der Waals surface area contributed by atoms with E-state index in [1.54, 1.807) is 7.11 Å². The van der Waals surface area contributed by atoms with Gasteiger partial charge in [0.15, 0.2) is 0 Å². The van der Waals surface area contributed by atoms with E-state index in [1.807, 2.05) is 12.1 Å². The van der Waals surface area contributed by atoms with Gasteiger partial charge in [0.2, 0.25) is 0 Å². The molecule has 0 aromatic heterocycles. The molecule has 1 aromatic rings. The van der Waals surface area contributed by atoms with Crippen LogP contribution in [0.2, 0.25) is 0 Å². The van der Waals surface area contributed by atoms with Gasteiger partial charge in [-0.3, -0.25) is 0 Å². The molecule has 1 rings (SSSR count). The lowest BCUT2D eigenvalue weighted by molar-refractivity contribution is 0.146. The van der Waals surface area contributed by atoms with Gasteiger partial charge in [-0.05, 0) is 37.1 Å². The summed E-state index contributed by atoms with van der Waals surface area (Å²) in [5.74, 6) is 0.890. The first-order valence-corrected chi connectivity index (χ1v) is 6.78. The SMILES string of the molecule is CCCC(CC)Nc1ccc(OCCOC)cc1. The van der Waals surface area contributed by atoms with E-state index in [9.17, 15) is 0 Å². The van der Waals surface area contributed by atoms with E-state index in [2.05, 4.69) is 31.3 Å². The normalized spacial score (nSPS) is 12.2. The third kappa shape index (κ3) is 5.41. The van der Waals surface area contributed by atoms with Crippen LogP contribution in [0.4, 0.5) is 5.69 Å². The molecule has 1 N–H and O–H groups in total. The summed E-state index contributed by atoms with van der Waals surface area (Å²) in [6, 6.07) is 8.70. The van der Waals surface area contributed by atoms with Gasteiger partial charge in [-0.1, -0.05) is 20.3 Å². The summed E-state index contributed by atoms with van der Waals surface area (Å²) >= 11 is 0. The Bertz CT molecular complexity index is 311. The maximum Gasteiger partial charge on any atom is 0.119 e. The third-order valence-electron chi connectivity index (χ3n) is 2.91. The summed E-state index contributed by atoms with van der Waals surface area (Å²) in [5, 5.41) is 3.54. The Morgan fingerprint density at radius 2 is 1.83 bits per heavy atom. The highest BCUT2D eigenvalue weighted by atomic mass is 16.5. The van der Waals surface area contributed by atoms with Gasteiger partial charge >= 0.3 is 0 Å². The maximum absolute atomic E-state index is 5.53. The largest absolute Gasteiger partial charge is 0.491 e. The summed E-state index contributed by atoms with van der Waals surface area (Å²) in [6.07, 6.45) is 3.58. The summed E-state index contributed by atoms with van der Waals surface area (Å²) in [4.78, 5) is 0. The smallest absolute Gasteiger partial charge is 0.119 e. The Labute approximate surface area is 110 Å². The Morgan fingerprint density at radius 3 is 2.39 bits per heavy atom. The first-order chi connectivity index (χ1) is 8.80. The molecule has 3 nitrogen and oxygen atoms in total. The van der Waals surface area contributed by atoms with Crippen LogP contribution >= 0.6 is 0 Å². The minimum Gasteiger partial charge on any atom is -0.491 e. The molecule has 0 aliphatic heterocycles. The number of anilines is 1. The lowest BCUT2D eigenvalue weighted by Gasteiger charge is -2.17. The molecule has 0 bridgehead atoms. The van der Waals surface area contributed by atoms with Crippen LogP contribution in [0.25, 0.3) is 0 Å². The number of methoxy groups -OCH3 is 1. The number of ether oxygens (including phenoxy) is 2. The molecule has 1 atom stereocenters. The van der Waals surface area contributed by atoms with Crippen molar-refractivity contribution < 1.29 is 9.47 Å². The van der Waals surface area contributed by atoms with Crippen molar-refractivity contribution in [1.29, 1.82) is 0 Å². The van der Waals surface area contributed by atoms with E-state index in [4.69, 9.17) is 9.47 Å². The fourth-order valence-corrected chi connectivity index (χ4v) is 1.85. The quantitative estimate of drug-likeness (QED) is 0.679. The predicted octanol–water partition coefficient (Wildman–Crippen LogP) is 3.70. The van der Waals surface area contributed by atoms with Crippen LogP contribution in [-0.2, 0) is 4.74 Å². The van der Waals surface area contributed by atoms with Gasteiger partial charge in [-0.2, -0.15) is 0 Å². The van der Waals surface area contributed by atoms with Crippen LogP contribution in [0.3, 0.4) is 0 Å². The van der Waals surface area contributed by atoms with E-state index in [1.165, 1.54) is 12.8 Å². The summed E-state index contributed by atoms with van der Waals surface area (Å²) in [5.41, 5.74) is 1.16. The van der Waals surface area contributed by atoms with E-state index < -0.39 is 0 Å². The lowest BCUT2D eigenvalue weighted by atomic mass is 10.1. The highest BCUT2D eigenvalue weighted by Crippen LogP contribution is 2.18. The van der Waals surface area contributed by atoms with Crippen LogP contribution < -0.4 is 10.1 Å². The minimum atomic E-state index is 0.565. The fourth-order valence-electron chi connectivity index (χ4n) is 1.85. The molecule has 1 aromatic carbocycles. The third-order valence-corrected chi connectivity index (χ3v) is 2.91. The van der Waals surface area contributed by atoms with Gasteiger partial charge in [-0.25, -0.2) is 0 Å². The van der Waals surface area contributed by atoms with Crippen molar-refractivity contribution in [2.24, 2.45) is 0 Å². The maximum atomic E-state index is 5.53. The van der Waals surface area contributed by atoms with Gasteiger partial charge in [0.25, 0.3) is 0 Å². The second kappa shape index (κ2) is 8.81. The predicted molar refractivity (Wildman–Crippen MR) is 76.4 cm³/mol. The van der Waals surface area contributed by atoms with E-state index in [0.717, 1.165) is 17.9 Å². The van der Waals surface area contributed by atoms with Gasteiger partial charge in [0.05, 0.1) is 6.61 Å². The first kappa shape index (κ1) is 14.8. The lowest BCUT2D eigenvalue weighted by Crippen LogP contribution is -2.17. The fraction of sp³-hybridized carbons (Fsp3) is 0.600. The molecule has 0 fully saturated rings. The van der Waals surface area contributed by atoms with E-state index >= 15 is 0 Å².